The number of hydrogen-bond acceptors (Lipinski definition) is 8. The second-order valence-electron chi connectivity index (χ2n) is 6.84. The SMILES string of the molecule is C/C=C\C(F)=C(\F)C(C)N(N)/C(=N\N)c1cc(-c2ccc3nc(N)sc3c2)cnc1NC. The lowest BCUT2D eigenvalue weighted by molar-refractivity contribution is 0.322. The minimum absolute atomic E-state index is 0.0303. The van der Waals surface area contributed by atoms with Gasteiger partial charge >= 0.3 is 0 Å². The third-order valence-electron chi connectivity index (χ3n) is 4.80. The van der Waals surface area contributed by atoms with Gasteiger partial charge in [-0.3, -0.25) is 5.01 Å². The summed E-state index contributed by atoms with van der Waals surface area (Å²) in [5.74, 6) is 10.1. The summed E-state index contributed by atoms with van der Waals surface area (Å²) in [5, 5.41) is 8.13. The molecule has 3 rings (SSSR count). The Hall–Kier alpha value is -3.57. The van der Waals surface area contributed by atoms with Crippen molar-refractivity contribution in [3.63, 3.8) is 0 Å². The van der Waals surface area contributed by atoms with Gasteiger partial charge in [0, 0.05) is 18.8 Å². The number of nitrogens with zero attached hydrogens (tertiary/aromatic N) is 4. The number of halogens is 2. The molecule has 1 atom stereocenters. The zero-order chi connectivity index (χ0) is 23.4. The number of hydrazine groups is 1. The monoisotopic (exact) mass is 458 g/mol. The van der Waals surface area contributed by atoms with Crippen LogP contribution in [0.1, 0.15) is 19.4 Å². The predicted molar refractivity (Wildman–Crippen MR) is 127 cm³/mol. The van der Waals surface area contributed by atoms with E-state index in [0.717, 1.165) is 32.4 Å². The molecule has 168 valence electrons. The first-order valence-corrected chi connectivity index (χ1v) is 10.5. The standard InChI is InChI=1S/C21H24F2N8S/c1-4-5-15(22)18(23)11(2)31(26)20(30-25)14-8-13(10-28-19(14)27-3)12-6-7-16-17(9-12)32-21(24)29-16/h4-11H,25-26H2,1-3H3,(H2,24,29)(H,27,28)/b5-4-,18-15-,30-20-. The van der Waals surface area contributed by atoms with Crippen LogP contribution < -0.4 is 22.7 Å². The van der Waals surface area contributed by atoms with Gasteiger partial charge in [-0.05, 0) is 43.7 Å². The Labute approximate surface area is 188 Å². The van der Waals surface area contributed by atoms with Gasteiger partial charge in [-0.2, -0.15) is 5.10 Å². The molecule has 0 amide bonds. The van der Waals surface area contributed by atoms with E-state index in [-0.39, 0.29) is 5.84 Å². The van der Waals surface area contributed by atoms with E-state index in [1.807, 2.05) is 18.2 Å². The molecule has 7 N–H and O–H groups in total. The van der Waals surface area contributed by atoms with Crippen LogP contribution in [0.3, 0.4) is 0 Å². The molecule has 0 saturated carbocycles. The van der Waals surface area contributed by atoms with Crippen molar-refractivity contribution in [2.45, 2.75) is 19.9 Å². The van der Waals surface area contributed by atoms with Gasteiger partial charge in [-0.15, -0.1) is 0 Å². The van der Waals surface area contributed by atoms with Crippen LogP contribution >= 0.6 is 11.3 Å². The zero-order valence-corrected chi connectivity index (χ0v) is 18.6. The first kappa shape index (κ1) is 23.1. The van der Waals surface area contributed by atoms with Crippen LogP contribution in [0.5, 0.6) is 0 Å². The van der Waals surface area contributed by atoms with Gasteiger partial charge in [0.1, 0.15) is 5.82 Å². The Bertz CT molecular complexity index is 1220. The summed E-state index contributed by atoms with van der Waals surface area (Å²) < 4.78 is 29.4. The Balaban J connectivity index is 2.05. The van der Waals surface area contributed by atoms with Crippen LogP contribution in [-0.2, 0) is 0 Å². The third-order valence-corrected chi connectivity index (χ3v) is 5.64. The van der Waals surface area contributed by atoms with Crippen LogP contribution in [0, 0.1) is 0 Å². The zero-order valence-electron chi connectivity index (χ0n) is 17.8. The van der Waals surface area contributed by atoms with E-state index in [2.05, 4.69) is 20.4 Å². The average Bonchev–Trinajstić information content (AvgIpc) is 3.17. The van der Waals surface area contributed by atoms with Crippen molar-refractivity contribution in [3.8, 4) is 11.1 Å². The highest BCUT2D eigenvalue weighted by Gasteiger charge is 2.25. The van der Waals surface area contributed by atoms with E-state index in [1.165, 1.54) is 24.3 Å². The molecule has 32 heavy (non-hydrogen) atoms. The van der Waals surface area contributed by atoms with E-state index in [0.29, 0.717) is 16.5 Å². The second kappa shape index (κ2) is 9.71. The Morgan fingerprint density at radius 2 is 2.03 bits per heavy atom. The highest BCUT2D eigenvalue weighted by atomic mass is 32.1. The lowest BCUT2D eigenvalue weighted by atomic mass is 10.0. The molecule has 2 aromatic heterocycles. The number of hydrogen-bond donors (Lipinski definition) is 4. The van der Waals surface area contributed by atoms with Crippen molar-refractivity contribution in [1.29, 1.82) is 0 Å². The number of benzene rings is 1. The summed E-state index contributed by atoms with van der Waals surface area (Å²) in [7, 11) is 1.67. The van der Waals surface area contributed by atoms with E-state index >= 15 is 0 Å². The number of allylic oxidation sites excluding steroid dienone is 3. The highest BCUT2D eigenvalue weighted by molar-refractivity contribution is 7.22. The molecule has 11 heteroatoms. The number of pyridine rings is 1. The first-order valence-electron chi connectivity index (χ1n) is 9.65. The third kappa shape index (κ3) is 4.53. The molecular weight excluding hydrogens is 434 g/mol. The van der Waals surface area contributed by atoms with Gasteiger partial charge < -0.3 is 16.9 Å². The van der Waals surface area contributed by atoms with Gasteiger partial charge in [0.25, 0.3) is 0 Å². The average molecular weight is 459 g/mol. The van der Waals surface area contributed by atoms with E-state index in [1.54, 1.807) is 26.2 Å². The number of aromatic nitrogens is 2. The fraction of sp³-hybridized carbons (Fsp3) is 0.190. The Morgan fingerprint density at radius 3 is 2.69 bits per heavy atom. The molecule has 0 radical (unpaired) electrons. The normalized spacial score (nSPS) is 14.0. The maximum atomic E-state index is 14.5. The summed E-state index contributed by atoms with van der Waals surface area (Å²) in [6, 6.07) is 6.30. The molecule has 1 unspecified atom stereocenters. The first-order chi connectivity index (χ1) is 15.3. The molecule has 0 bridgehead atoms. The maximum absolute atomic E-state index is 14.5. The predicted octanol–water partition coefficient (Wildman–Crippen LogP) is 3.89. The minimum atomic E-state index is -1.17. The van der Waals surface area contributed by atoms with Crippen molar-refractivity contribution in [1.82, 2.24) is 15.0 Å². The molecule has 0 spiro atoms. The number of nitrogen functional groups attached to an aromatic ring is 1. The van der Waals surface area contributed by atoms with E-state index in [9.17, 15) is 8.78 Å². The number of rotatable bonds is 6. The van der Waals surface area contributed by atoms with Crippen molar-refractivity contribution < 1.29 is 8.78 Å². The van der Waals surface area contributed by atoms with Crippen LogP contribution in [-0.4, -0.2) is 33.9 Å². The summed E-state index contributed by atoms with van der Waals surface area (Å²) in [6.07, 6.45) is 4.08. The molecule has 2 heterocycles. The minimum Gasteiger partial charge on any atom is -0.375 e. The summed E-state index contributed by atoms with van der Waals surface area (Å²) in [4.78, 5) is 8.68. The number of nitrogens with one attached hydrogen (secondary N) is 1. The van der Waals surface area contributed by atoms with E-state index < -0.39 is 17.7 Å². The van der Waals surface area contributed by atoms with Crippen LogP contribution in [0.4, 0.5) is 19.7 Å². The molecule has 0 fully saturated rings. The van der Waals surface area contributed by atoms with Crippen LogP contribution in [0.2, 0.25) is 0 Å². The summed E-state index contributed by atoms with van der Waals surface area (Å²) in [6.45, 7) is 2.99. The lowest BCUT2D eigenvalue weighted by Gasteiger charge is -2.27. The molecule has 0 aliphatic rings. The molecule has 0 aliphatic heterocycles. The maximum Gasteiger partial charge on any atom is 0.181 e. The second-order valence-corrected chi connectivity index (χ2v) is 7.90. The summed E-state index contributed by atoms with van der Waals surface area (Å²) in [5.41, 5.74) is 8.62. The molecule has 0 aliphatic carbocycles. The molecule has 8 nitrogen and oxygen atoms in total. The fourth-order valence-corrected chi connectivity index (χ4v) is 3.89. The van der Waals surface area contributed by atoms with Gasteiger partial charge in [-0.25, -0.2) is 24.6 Å². The largest absolute Gasteiger partial charge is 0.375 e. The highest BCUT2D eigenvalue weighted by Crippen LogP contribution is 2.31. The molecule has 3 aromatic rings. The summed E-state index contributed by atoms with van der Waals surface area (Å²) >= 11 is 1.38. The number of fused-ring (bicyclic) bond motifs is 1. The number of nitrogens with two attached hydrogens (primary N) is 3. The lowest BCUT2D eigenvalue weighted by Crippen LogP contribution is -2.46. The van der Waals surface area contributed by atoms with Crippen molar-refractivity contribution in [2.75, 3.05) is 18.1 Å². The molecule has 1 aromatic carbocycles. The smallest absolute Gasteiger partial charge is 0.181 e. The number of anilines is 2. The molecule has 0 saturated heterocycles. The van der Waals surface area contributed by atoms with Crippen molar-refractivity contribution in [2.24, 2.45) is 16.8 Å². The van der Waals surface area contributed by atoms with Crippen LogP contribution in [0.25, 0.3) is 21.3 Å². The number of thiazole rings is 1. The van der Waals surface area contributed by atoms with E-state index in [4.69, 9.17) is 17.4 Å². The van der Waals surface area contributed by atoms with Gasteiger partial charge in [0.05, 0.1) is 21.8 Å². The Kier molecular flexibility index (Phi) is 7.01. The quantitative estimate of drug-likeness (QED) is 0.145. The van der Waals surface area contributed by atoms with Gasteiger partial charge in [0.15, 0.2) is 22.6 Å². The van der Waals surface area contributed by atoms with Crippen molar-refractivity contribution in [3.05, 3.63) is 59.8 Å². The van der Waals surface area contributed by atoms with Crippen LogP contribution in [0.15, 0.2) is 59.4 Å². The number of hydrazone groups is 1. The Morgan fingerprint density at radius 1 is 1.28 bits per heavy atom. The fourth-order valence-electron chi connectivity index (χ4n) is 3.12. The van der Waals surface area contributed by atoms with Gasteiger partial charge in [-0.1, -0.05) is 23.5 Å². The molecular formula is C21H24F2N8S. The van der Waals surface area contributed by atoms with Gasteiger partial charge in [0.2, 0.25) is 0 Å². The number of amidine groups is 1. The van der Waals surface area contributed by atoms with Crippen molar-refractivity contribution >= 4 is 38.3 Å². The topological polar surface area (TPSA) is 131 Å².